The number of nitrogens with one attached hydrogen (secondary N) is 1. The van der Waals surface area contributed by atoms with Crippen LogP contribution < -0.4 is 5.32 Å². The molecule has 4 fully saturated rings. The van der Waals surface area contributed by atoms with E-state index in [1.807, 2.05) is 0 Å². The zero-order valence-corrected chi connectivity index (χ0v) is 19.8. The van der Waals surface area contributed by atoms with Gasteiger partial charge in [0.1, 0.15) is 0 Å². The summed E-state index contributed by atoms with van der Waals surface area (Å²) in [6.45, 7) is 3.95. The summed E-state index contributed by atoms with van der Waals surface area (Å²) in [6.07, 6.45) is 5.75. The summed E-state index contributed by atoms with van der Waals surface area (Å²) in [5.41, 5.74) is -2.74. The van der Waals surface area contributed by atoms with E-state index in [1.165, 1.54) is 56.7 Å². The minimum absolute atomic E-state index is 0.610. The van der Waals surface area contributed by atoms with Crippen LogP contribution in [-0.2, 0) is 14.4 Å². The molecular weight excluding hydrogens is 450 g/mol. The van der Waals surface area contributed by atoms with Crippen LogP contribution in [0.25, 0.3) is 0 Å². The summed E-state index contributed by atoms with van der Waals surface area (Å²) in [7, 11) is 2.10. The molecule has 4 rings (SSSR count). The molecule has 0 aromatic rings. The Balaban J connectivity index is 0.000000207. The van der Waals surface area contributed by atoms with Crippen molar-refractivity contribution in [2.24, 2.45) is 11.8 Å². The van der Waals surface area contributed by atoms with Crippen molar-refractivity contribution in [1.82, 2.24) is 15.1 Å². The lowest BCUT2D eigenvalue weighted by atomic mass is 9.67. The predicted molar refractivity (Wildman–Crippen MR) is 123 cm³/mol. The van der Waals surface area contributed by atoms with Crippen molar-refractivity contribution < 1.29 is 34.8 Å². The lowest BCUT2D eigenvalue weighted by Gasteiger charge is -2.60. The quantitative estimate of drug-likeness (QED) is 0.337. The molecule has 4 saturated heterocycles. The highest BCUT2D eigenvalue weighted by atomic mass is 32.1. The zero-order valence-electron chi connectivity index (χ0n) is 19.0. The molecule has 0 aromatic carbocycles. The third kappa shape index (κ3) is 5.82. The van der Waals surface area contributed by atoms with Crippen molar-refractivity contribution in [3.05, 3.63) is 0 Å². The molecule has 5 N–H and O–H groups in total. The highest BCUT2D eigenvalue weighted by molar-refractivity contribution is 7.80. The van der Waals surface area contributed by atoms with Crippen LogP contribution in [0.1, 0.15) is 51.4 Å². The SMILES string of the molecule is CNC1CC(=S)N2C[C@@H]3CCCN4CCC[C@@H]([C@H]34)[C@H]2C1.O=C(O)CC(O)(CC(=O)O)C(=O)O. The van der Waals surface area contributed by atoms with Crippen LogP contribution in [0, 0.1) is 11.8 Å². The van der Waals surface area contributed by atoms with Gasteiger partial charge in [0.2, 0.25) is 0 Å². The number of nitrogens with zero attached hydrogens (tertiary/aromatic N) is 2. The molecular formula is C22H35N3O7S. The highest BCUT2D eigenvalue weighted by Crippen LogP contribution is 2.44. The number of carbonyl (C=O) groups is 3. The minimum atomic E-state index is -2.74. The van der Waals surface area contributed by atoms with Crippen LogP contribution in [0.2, 0.25) is 0 Å². The molecule has 4 aliphatic rings. The standard InChI is InChI=1S/C16H27N3S.C6H8O7/c1-17-12-8-14-13-5-3-7-18-6-2-4-11(16(13)18)10-19(14)15(20)9-12;7-3(8)1-6(13,5(11)12)2-4(9)10/h11-14,16-17H,2-10H2,1H3;13H,1-2H2,(H,7,8)(H,9,10)(H,11,12)/t11-,12?,13+,14+,16-;/m0./s1. The fourth-order valence-corrected chi connectivity index (χ4v) is 6.63. The number of thiocarbonyl (C=S) groups is 1. The van der Waals surface area contributed by atoms with Gasteiger partial charge in [-0.05, 0) is 64.1 Å². The van der Waals surface area contributed by atoms with E-state index in [-0.39, 0.29) is 0 Å². The lowest BCUT2D eigenvalue weighted by Crippen LogP contribution is -2.67. The van der Waals surface area contributed by atoms with Crippen LogP contribution in [0.5, 0.6) is 0 Å². The van der Waals surface area contributed by atoms with Crippen molar-refractivity contribution >= 4 is 35.1 Å². The van der Waals surface area contributed by atoms with Crippen molar-refractivity contribution in [1.29, 1.82) is 0 Å². The van der Waals surface area contributed by atoms with Gasteiger partial charge in [0, 0.05) is 31.1 Å². The molecule has 0 saturated carbocycles. The van der Waals surface area contributed by atoms with Gasteiger partial charge >= 0.3 is 17.9 Å². The number of carboxylic acids is 3. The molecule has 10 nitrogen and oxygen atoms in total. The van der Waals surface area contributed by atoms with Gasteiger partial charge in [0.15, 0.2) is 5.60 Å². The number of fused-ring (bicyclic) bond motifs is 2. The highest BCUT2D eigenvalue weighted by Gasteiger charge is 2.50. The van der Waals surface area contributed by atoms with Crippen LogP contribution in [0.4, 0.5) is 0 Å². The van der Waals surface area contributed by atoms with Crippen molar-refractivity contribution in [2.45, 2.75) is 75.1 Å². The van der Waals surface area contributed by atoms with E-state index < -0.39 is 36.4 Å². The van der Waals surface area contributed by atoms with Gasteiger partial charge in [-0.3, -0.25) is 14.5 Å². The number of piperidine rings is 4. The van der Waals surface area contributed by atoms with E-state index in [0.717, 1.165) is 30.3 Å². The van der Waals surface area contributed by atoms with E-state index in [9.17, 15) is 14.4 Å². The van der Waals surface area contributed by atoms with Crippen molar-refractivity contribution in [3.8, 4) is 0 Å². The van der Waals surface area contributed by atoms with Gasteiger partial charge in [-0.15, -0.1) is 0 Å². The first-order valence-electron chi connectivity index (χ1n) is 11.7. The Bertz CT molecular complexity index is 761. The fourth-order valence-electron chi connectivity index (χ4n) is 6.22. The molecule has 4 heterocycles. The molecule has 186 valence electrons. The molecule has 0 spiro atoms. The second-order valence-electron chi connectivity index (χ2n) is 9.75. The Morgan fingerprint density at radius 2 is 1.70 bits per heavy atom. The van der Waals surface area contributed by atoms with Gasteiger partial charge in [-0.2, -0.15) is 0 Å². The van der Waals surface area contributed by atoms with E-state index in [0.29, 0.717) is 6.04 Å². The number of hydrogen-bond donors (Lipinski definition) is 5. The van der Waals surface area contributed by atoms with Crippen LogP contribution in [0.3, 0.4) is 0 Å². The number of aliphatic carboxylic acids is 3. The zero-order chi connectivity index (χ0) is 24.3. The van der Waals surface area contributed by atoms with Gasteiger partial charge < -0.3 is 30.6 Å². The molecule has 0 amide bonds. The minimum Gasteiger partial charge on any atom is -0.481 e. The van der Waals surface area contributed by atoms with E-state index in [4.69, 9.17) is 32.6 Å². The molecule has 4 aliphatic heterocycles. The third-order valence-electron chi connectivity index (χ3n) is 7.63. The summed E-state index contributed by atoms with van der Waals surface area (Å²) < 4.78 is 0. The molecule has 0 radical (unpaired) electrons. The molecule has 0 bridgehead atoms. The molecule has 0 aromatic heterocycles. The Labute approximate surface area is 198 Å². The van der Waals surface area contributed by atoms with Gasteiger partial charge in [-0.1, -0.05) is 12.2 Å². The van der Waals surface area contributed by atoms with E-state index >= 15 is 0 Å². The fraction of sp³-hybridized carbons (Fsp3) is 0.818. The van der Waals surface area contributed by atoms with Gasteiger partial charge in [-0.25, -0.2) is 4.79 Å². The maximum Gasteiger partial charge on any atom is 0.336 e. The Morgan fingerprint density at radius 1 is 1.09 bits per heavy atom. The molecule has 5 atom stereocenters. The Hall–Kier alpha value is -1.82. The second kappa shape index (κ2) is 10.6. The summed E-state index contributed by atoms with van der Waals surface area (Å²) in [6, 6.07) is 2.20. The number of carboxylic acid groups (broad SMARTS) is 3. The van der Waals surface area contributed by atoms with Gasteiger partial charge in [0.25, 0.3) is 0 Å². The van der Waals surface area contributed by atoms with Crippen molar-refractivity contribution in [3.63, 3.8) is 0 Å². The largest absolute Gasteiger partial charge is 0.481 e. The predicted octanol–water partition coefficient (Wildman–Crippen LogP) is 0.622. The summed E-state index contributed by atoms with van der Waals surface area (Å²) in [5.74, 6) is -3.26. The first-order chi connectivity index (χ1) is 15.6. The summed E-state index contributed by atoms with van der Waals surface area (Å²) in [4.78, 5) is 37.2. The smallest absolute Gasteiger partial charge is 0.336 e. The molecule has 33 heavy (non-hydrogen) atoms. The van der Waals surface area contributed by atoms with Crippen molar-refractivity contribution in [2.75, 3.05) is 26.7 Å². The monoisotopic (exact) mass is 485 g/mol. The van der Waals surface area contributed by atoms with Crippen LogP contribution in [-0.4, -0.2) is 104 Å². The van der Waals surface area contributed by atoms with Gasteiger partial charge in [0.05, 0.1) is 17.8 Å². The number of aliphatic hydroxyl groups is 1. The average Bonchev–Trinajstić information content (AvgIpc) is 2.74. The maximum absolute atomic E-state index is 10.3. The molecule has 1 unspecified atom stereocenters. The Morgan fingerprint density at radius 3 is 2.24 bits per heavy atom. The van der Waals surface area contributed by atoms with Crippen LogP contribution >= 0.6 is 12.2 Å². The molecule has 0 aliphatic carbocycles. The second-order valence-corrected chi connectivity index (χ2v) is 10.2. The Kier molecular flexibility index (Phi) is 8.31. The van der Waals surface area contributed by atoms with E-state index in [2.05, 4.69) is 22.2 Å². The summed E-state index contributed by atoms with van der Waals surface area (Å²) in [5, 5.41) is 37.3. The number of hydrogen-bond acceptors (Lipinski definition) is 7. The lowest BCUT2D eigenvalue weighted by molar-refractivity contribution is -0.170. The third-order valence-corrected chi connectivity index (χ3v) is 8.03. The first-order valence-corrected chi connectivity index (χ1v) is 12.1. The average molecular weight is 486 g/mol. The first kappa shape index (κ1) is 25.8. The maximum atomic E-state index is 10.3. The summed E-state index contributed by atoms with van der Waals surface area (Å²) >= 11 is 5.76. The topological polar surface area (TPSA) is 151 Å². The molecule has 11 heteroatoms. The number of rotatable bonds is 6. The van der Waals surface area contributed by atoms with Crippen LogP contribution in [0.15, 0.2) is 0 Å². The van der Waals surface area contributed by atoms with E-state index in [1.54, 1.807) is 0 Å². The normalized spacial score (nSPS) is 31.5.